The summed E-state index contributed by atoms with van der Waals surface area (Å²) in [5.74, 6) is 0.170. The topological polar surface area (TPSA) is 70.5 Å². The van der Waals surface area contributed by atoms with Crippen molar-refractivity contribution in [2.75, 3.05) is 24.3 Å². The lowest BCUT2D eigenvalue weighted by atomic mass is 9.99. The van der Waals surface area contributed by atoms with E-state index in [1.54, 1.807) is 0 Å². The van der Waals surface area contributed by atoms with Gasteiger partial charge in [-0.1, -0.05) is 31.3 Å². The van der Waals surface area contributed by atoms with Crippen molar-refractivity contribution >= 4 is 39.5 Å². The number of rotatable bonds is 4. The second kappa shape index (κ2) is 7.16. The number of nitrogens with zero attached hydrogens (tertiary/aromatic N) is 4. The maximum absolute atomic E-state index is 12.4. The average molecular weight is 392 g/mol. The largest absolute Gasteiger partial charge is 0.378 e. The van der Waals surface area contributed by atoms with Gasteiger partial charge in [-0.3, -0.25) is 4.79 Å². The first-order chi connectivity index (χ1) is 13.4. The number of benzene rings is 2. The molecule has 1 aromatic heterocycles. The predicted molar refractivity (Wildman–Crippen MR) is 115 cm³/mol. The molecule has 0 saturated carbocycles. The van der Waals surface area contributed by atoms with Crippen LogP contribution < -0.4 is 10.2 Å². The van der Waals surface area contributed by atoms with Crippen LogP contribution in [0.3, 0.4) is 0 Å². The maximum Gasteiger partial charge on any atom is 0.275 e. The zero-order valence-electron chi connectivity index (χ0n) is 16.2. The molecule has 0 fully saturated rings. The number of hydrogen-bond donors (Lipinski definition) is 1. The molecular formula is C21H21N5OS. The summed E-state index contributed by atoms with van der Waals surface area (Å²) in [7, 11) is 4.01. The minimum Gasteiger partial charge on any atom is -0.378 e. The number of hydrogen-bond acceptors (Lipinski definition) is 6. The van der Waals surface area contributed by atoms with Crippen LogP contribution in [0.1, 0.15) is 30.9 Å². The van der Waals surface area contributed by atoms with Crippen molar-refractivity contribution in [2.45, 2.75) is 19.8 Å². The van der Waals surface area contributed by atoms with E-state index >= 15 is 0 Å². The van der Waals surface area contributed by atoms with Crippen molar-refractivity contribution in [3.63, 3.8) is 0 Å². The van der Waals surface area contributed by atoms with E-state index in [1.165, 1.54) is 16.9 Å². The minimum atomic E-state index is -0.206. The molecule has 0 unspecified atom stereocenters. The van der Waals surface area contributed by atoms with Crippen molar-refractivity contribution in [1.82, 2.24) is 10.2 Å². The number of aromatic nitrogens is 2. The highest BCUT2D eigenvalue weighted by Gasteiger charge is 2.27. The highest BCUT2D eigenvalue weighted by atomic mass is 32.1. The third kappa shape index (κ3) is 3.41. The Morgan fingerprint density at radius 1 is 1.07 bits per heavy atom. The molecule has 142 valence electrons. The molecule has 1 N–H and O–H groups in total. The zero-order chi connectivity index (χ0) is 19.8. The van der Waals surface area contributed by atoms with Crippen LogP contribution in [-0.2, 0) is 4.79 Å². The Morgan fingerprint density at radius 2 is 1.82 bits per heavy atom. The van der Waals surface area contributed by atoms with Crippen LogP contribution in [0.15, 0.2) is 47.5 Å². The molecule has 0 aliphatic carbocycles. The number of anilines is 2. The Bertz CT molecular complexity index is 1070. The molecule has 4 rings (SSSR count). The van der Waals surface area contributed by atoms with Crippen LogP contribution in [0, 0.1) is 0 Å². The van der Waals surface area contributed by atoms with E-state index in [0.29, 0.717) is 16.8 Å². The SMILES string of the molecule is CC(C)c1ccc2c(c1)/C(=N\c1nnc(-c3ccc(N(C)C)cc3)s1)C(=O)N2. The molecule has 0 spiro atoms. The lowest BCUT2D eigenvalue weighted by molar-refractivity contribution is -0.110. The number of amides is 1. The fourth-order valence-corrected chi connectivity index (χ4v) is 3.74. The van der Waals surface area contributed by atoms with Gasteiger partial charge in [0, 0.05) is 30.9 Å². The third-order valence-corrected chi connectivity index (χ3v) is 5.55. The molecule has 0 radical (unpaired) electrons. The molecule has 2 aromatic carbocycles. The van der Waals surface area contributed by atoms with Gasteiger partial charge in [-0.2, -0.15) is 0 Å². The molecule has 0 atom stereocenters. The van der Waals surface area contributed by atoms with Crippen LogP contribution in [0.4, 0.5) is 16.5 Å². The van der Waals surface area contributed by atoms with Gasteiger partial charge in [0.2, 0.25) is 5.13 Å². The summed E-state index contributed by atoms with van der Waals surface area (Å²) < 4.78 is 0. The van der Waals surface area contributed by atoms with E-state index < -0.39 is 0 Å². The number of carbonyl (C=O) groups is 1. The molecule has 7 heteroatoms. The second-order valence-corrected chi connectivity index (χ2v) is 8.16. The first-order valence-corrected chi connectivity index (χ1v) is 9.89. The molecule has 0 bridgehead atoms. The van der Waals surface area contributed by atoms with E-state index in [-0.39, 0.29) is 5.91 Å². The summed E-state index contributed by atoms with van der Waals surface area (Å²) in [6, 6.07) is 14.1. The van der Waals surface area contributed by atoms with Gasteiger partial charge in [0.1, 0.15) is 10.7 Å². The molecule has 1 amide bonds. The van der Waals surface area contributed by atoms with Crippen molar-refractivity contribution in [3.05, 3.63) is 53.6 Å². The summed E-state index contributed by atoms with van der Waals surface area (Å²) in [6.07, 6.45) is 0. The van der Waals surface area contributed by atoms with Crippen LogP contribution >= 0.6 is 11.3 Å². The monoisotopic (exact) mass is 391 g/mol. The van der Waals surface area contributed by atoms with E-state index in [1.807, 2.05) is 61.5 Å². The Labute approximate surface area is 168 Å². The van der Waals surface area contributed by atoms with Gasteiger partial charge >= 0.3 is 0 Å². The molecule has 2 heterocycles. The molecule has 3 aromatic rings. The van der Waals surface area contributed by atoms with Crippen LogP contribution in [-0.4, -0.2) is 35.9 Å². The van der Waals surface area contributed by atoms with E-state index in [9.17, 15) is 4.79 Å². The highest BCUT2D eigenvalue weighted by Crippen LogP contribution is 2.32. The number of carbonyl (C=O) groups excluding carboxylic acids is 1. The Hall–Kier alpha value is -3.06. The fraction of sp³-hybridized carbons (Fsp3) is 0.238. The third-order valence-electron chi connectivity index (χ3n) is 4.68. The zero-order valence-corrected chi connectivity index (χ0v) is 17.0. The quantitative estimate of drug-likeness (QED) is 0.712. The Kier molecular flexibility index (Phi) is 4.68. The van der Waals surface area contributed by atoms with Crippen molar-refractivity contribution < 1.29 is 4.79 Å². The summed E-state index contributed by atoms with van der Waals surface area (Å²) in [4.78, 5) is 19.0. The standard InChI is InChI=1S/C21H21N5OS/c1-12(2)14-7-10-17-16(11-14)18(19(27)22-17)23-21-25-24-20(28-21)13-5-8-15(9-6-13)26(3)4/h5-12H,1-4H3,(H,22,23,25,27). The van der Waals surface area contributed by atoms with E-state index in [2.05, 4.69) is 34.4 Å². The molecule has 0 saturated heterocycles. The number of aliphatic imine (C=N–C) groups is 1. The molecule has 28 heavy (non-hydrogen) atoms. The van der Waals surface area contributed by atoms with E-state index in [4.69, 9.17) is 0 Å². The van der Waals surface area contributed by atoms with Crippen molar-refractivity contribution in [2.24, 2.45) is 4.99 Å². The normalized spacial score (nSPS) is 14.5. The first-order valence-electron chi connectivity index (χ1n) is 9.08. The first kappa shape index (κ1) is 18.3. The predicted octanol–water partition coefficient (Wildman–Crippen LogP) is 4.47. The van der Waals surface area contributed by atoms with Gasteiger partial charge in [0.05, 0.1) is 5.69 Å². The van der Waals surface area contributed by atoms with Crippen molar-refractivity contribution in [1.29, 1.82) is 0 Å². The lowest BCUT2D eigenvalue weighted by Crippen LogP contribution is -2.13. The minimum absolute atomic E-state index is 0.206. The van der Waals surface area contributed by atoms with Crippen LogP contribution in [0.5, 0.6) is 0 Å². The molecule has 1 aliphatic heterocycles. The van der Waals surface area contributed by atoms with Crippen molar-refractivity contribution in [3.8, 4) is 10.6 Å². The highest BCUT2D eigenvalue weighted by molar-refractivity contribution is 7.18. The fourth-order valence-electron chi connectivity index (χ4n) is 3.02. The smallest absolute Gasteiger partial charge is 0.275 e. The summed E-state index contributed by atoms with van der Waals surface area (Å²) in [6.45, 7) is 4.25. The Balaban J connectivity index is 1.66. The Morgan fingerprint density at radius 3 is 2.50 bits per heavy atom. The van der Waals surface area contributed by atoms with Crippen LogP contribution in [0.25, 0.3) is 10.6 Å². The second-order valence-electron chi connectivity index (χ2n) is 7.21. The molecule has 1 aliphatic rings. The lowest BCUT2D eigenvalue weighted by Gasteiger charge is -2.11. The number of nitrogens with one attached hydrogen (secondary N) is 1. The van der Waals surface area contributed by atoms with Gasteiger partial charge < -0.3 is 10.2 Å². The van der Waals surface area contributed by atoms with Gasteiger partial charge in [0.15, 0.2) is 0 Å². The summed E-state index contributed by atoms with van der Waals surface area (Å²) in [5.41, 5.74) is 5.27. The maximum atomic E-state index is 12.4. The van der Waals surface area contributed by atoms with Gasteiger partial charge in [0.25, 0.3) is 5.91 Å². The molecule has 6 nitrogen and oxygen atoms in total. The van der Waals surface area contributed by atoms with E-state index in [0.717, 1.165) is 27.5 Å². The number of fused-ring (bicyclic) bond motifs is 1. The van der Waals surface area contributed by atoms with Gasteiger partial charge in [-0.25, -0.2) is 4.99 Å². The average Bonchev–Trinajstić information content (AvgIpc) is 3.26. The molecular weight excluding hydrogens is 370 g/mol. The van der Waals surface area contributed by atoms with Gasteiger partial charge in [-0.05, 0) is 47.9 Å². The van der Waals surface area contributed by atoms with Gasteiger partial charge in [-0.15, -0.1) is 10.2 Å². The van der Waals surface area contributed by atoms with Crippen LogP contribution in [0.2, 0.25) is 0 Å². The summed E-state index contributed by atoms with van der Waals surface area (Å²) in [5, 5.41) is 12.5. The summed E-state index contributed by atoms with van der Waals surface area (Å²) >= 11 is 1.37.